The van der Waals surface area contributed by atoms with Crippen molar-refractivity contribution >= 4 is 11.8 Å². The molecule has 1 atom stereocenters. The molecule has 0 aromatic heterocycles. The van der Waals surface area contributed by atoms with Gasteiger partial charge in [0.05, 0.1) is 12.1 Å². The lowest BCUT2D eigenvalue weighted by Gasteiger charge is -2.33. The van der Waals surface area contributed by atoms with Crippen molar-refractivity contribution in [2.24, 2.45) is 5.10 Å². The standard InChI is InChI=1S/C15H17F3N2O3/c1-13(2,3)23-12(21)20-14(22,15(16,17)18)9-11(19-20)10-7-5-4-6-8-10/h4-8,22H,9H2,1-3H3. The molecule has 1 heterocycles. The summed E-state index contributed by atoms with van der Waals surface area (Å²) in [4.78, 5) is 12.0. The number of ether oxygens (including phenoxy) is 1. The van der Waals surface area contributed by atoms with E-state index in [0.29, 0.717) is 5.56 Å². The maximum Gasteiger partial charge on any atom is 0.439 e. The molecule has 0 spiro atoms. The molecular weight excluding hydrogens is 313 g/mol. The van der Waals surface area contributed by atoms with Crippen molar-refractivity contribution in [1.82, 2.24) is 5.01 Å². The molecular formula is C15H17F3N2O3. The lowest BCUT2D eigenvalue weighted by molar-refractivity contribution is -0.300. The third-order valence-corrected chi connectivity index (χ3v) is 3.11. The van der Waals surface area contributed by atoms with Crippen molar-refractivity contribution < 1.29 is 27.8 Å². The number of hydrogen-bond donors (Lipinski definition) is 1. The van der Waals surface area contributed by atoms with Gasteiger partial charge in [0, 0.05) is 0 Å². The molecule has 1 aromatic rings. The van der Waals surface area contributed by atoms with Gasteiger partial charge in [-0.25, -0.2) is 4.79 Å². The van der Waals surface area contributed by atoms with Gasteiger partial charge in [-0.2, -0.15) is 23.3 Å². The van der Waals surface area contributed by atoms with Crippen molar-refractivity contribution in [2.45, 2.75) is 44.7 Å². The lowest BCUT2D eigenvalue weighted by atomic mass is 10.0. The zero-order valence-electron chi connectivity index (χ0n) is 12.9. The van der Waals surface area contributed by atoms with Crippen LogP contribution in [0.2, 0.25) is 0 Å². The van der Waals surface area contributed by atoms with Crippen LogP contribution in [-0.4, -0.2) is 39.4 Å². The first kappa shape index (κ1) is 17.3. The monoisotopic (exact) mass is 330 g/mol. The number of hydrogen-bond acceptors (Lipinski definition) is 4. The van der Waals surface area contributed by atoms with Crippen LogP contribution in [0.4, 0.5) is 18.0 Å². The van der Waals surface area contributed by atoms with E-state index in [9.17, 15) is 23.1 Å². The minimum Gasteiger partial charge on any atom is -0.442 e. The number of alkyl halides is 3. The Kier molecular flexibility index (Phi) is 4.14. The molecule has 1 aliphatic rings. The normalized spacial score (nSPS) is 22.0. The number of rotatable bonds is 1. The Morgan fingerprint density at radius 2 is 1.83 bits per heavy atom. The van der Waals surface area contributed by atoms with Gasteiger partial charge in [0.15, 0.2) is 0 Å². The van der Waals surface area contributed by atoms with Gasteiger partial charge in [-0.15, -0.1) is 0 Å². The summed E-state index contributed by atoms with van der Waals surface area (Å²) in [5.41, 5.74) is -4.10. The third kappa shape index (κ3) is 3.47. The van der Waals surface area contributed by atoms with Crippen LogP contribution in [0.5, 0.6) is 0 Å². The maximum atomic E-state index is 13.3. The average molecular weight is 330 g/mol. The van der Waals surface area contributed by atoms with Crippen LogP contribution in [0.15, 0.2) is 35.4 Å². The van der Waals surface area contributed by atoms with Crippen LogP contribution in [-0.2, 0) is 4.74 Å². The van der Waals surface area contributed by atoms with Crippen LogP contribution >= 0.6 is 0 Å². The zero-order chi connectivity index (χ0) is 17.5. The Morgan fingerprint density at radius 1 is 1.26 bits per heavy atom. The van der Waals surface area contributed by atoms with Gasteiger partial charge >= 0.3 is 12.3 Å². The van der Waals surface area contributed by atoms with Crippen molar-refractivity contribution in [3.05, 3.63) is 35.9 Å². The molecule has 0 saturated heterocycles. The highest BCUT2D eigenvalue weighted by molar-refractivity contribution is 6.03. The number of amides is 1. The Morgan fingerprint density at radius 3 is 2.30 bits per heavy atom. The van der Waals surface area contributed by atoms with Gasteiger partial charge < -0.3 is 9.84 Å². The number of benzene rings is 1. The van der Waals surface area contributed by atoms with Crippen molar-refractivity contribution in [3.63, 3.8) is 0 Å². The molecule has 23 heavy (non-hydrogen) atoms. The number of aliphatic hydroxyl groups is 1. The number of carbonyl (C=O) groups excluding carboxylic acids is 1. The summed E-state index contributed by atoms with van der Waals surface area (Å²) in [5, 5.41) is 13.7. The Balaban J connectivity index is 2.41. The minimum absolute atomic E-state index is 0.0272. The molecule has 5 nitrogen and oxygen atoms in total. The van der Waals surface area contributed by atoms with Crippen LogP contribution < -0.4 is 0 Å². The summed E-state index contributed by atoms with van der Waals surface area (Å²) < 4.78 is 44.8. The molecule has 0 fully saturated rings. The van der Waals surface area contributed by atoms with Gasteiger partial charge in [0.2, 0.25) is 0 Å². The van der Waals surface area contributed by atoms with Gasteiger partial charge in [-0.05, 0) is 26.3 Å². The van der Waals surface area contributed by atoms with Gasteiger partial charge in [0.1, 0.15) is 5.60 Å². The first-order chi connectivity index (χ1) is 10.4. The molecule has 1 aromatic carbocycles. The number of hydrazone groups is 1. The lowest BCUT2D eigenvalue weighted by Crippen LogP contribution is -2.57. The second kappa shape index (κ2) is 5.52. The predicted octanol–water partition coefficient (Wildman–Crippen LogP) is 3.28. The SMILES string of the molecule is CC(C)(C)OC(=O)N1N=C(c2ccccc2)CC1(O)C(F)(F)F. The van der Waals surface area contributed by atoms with Crippen LogP contribution in [0, 0.1) is 0 Å². The largest absolute Gasteiger partial charge is 0.442 e. The number of carbonyl (C=O) groups is 1. The van der Waals surface area contributed by atoms with Gasteiger partial charge in [0.25, 0.3) is 5.72 Å². The molecule has 8 heteroatoms. The van der Waals surface area contributed by atoms with E-state index in [1.165, 1.54) is 20.8 Å². The second-order valence-corrected chi connectivity index (χ2v) is 6.20. The summed E-state index contributed by atoms with van der Waals surface area (Å²) in [6.07, 6.45) is -7.30. The smallest absolute Gasteiger partial charge is 0.439 e. The number of halogens is 3. The van der Waals surface area contributed by atoms with Crippen LogP contribution in [0.3, 0.4) is 0 Å². The predicted molar refractivity (Wildman–Crippen MR) is 76.7 cm³/mol. The first-order valence-corrected chi connectivity index (χ1v) is 6.89. The van der Waals surface area contributed by atoms with Crippen LogP contribution in [0.1, 0.15) is 32.8 Å². The van der Waals surface area contributed by atoms with Crippen molar-refractivity contribution in [3.8, 4) is 0 Å². The van der Waals surface area contributed by atoms with Crippen molar-refractivity contribution in [1.29, 1.82) is 0 Å². The van der Waals surface area contributed by atoms with Gasteiger partial charge in [-0.3, -0.25) is 0 Å². The fraction of sp³-hybridized carbons (Fsp3) is 0.467. The van der Waals surface area contributed by atoms with Crippen molar-refractivity contribution in [2.75, 3.05) is 0 Å². The summed E-state index contributed by atoms with van der Waals surface area (Å²) >= 11 is 0. The molecule has 0 saturated carbocycles. The molecule has 1 amide bonds. The third-order valence-electron chi connectivity index (χ3n) is 3.11. The van der Waals surface area contributed by atoms with Gasteiger partial charge in [-0.1, -0.05) is 30.3 Å². The second-order valence-electron chi connectivity index (χ2n) is 6.20. The Labute approximate surface area is 131 Å². The topological polar surface area (TPSA) is 62.1 Å². The summed E-state index contributed by atoms with van der Waals surface area (Å²) in [6.45, 7) is 4.53. The highest BCUT2D eigenvalue weighted by Gasteiger charge is 2.64. The van der Waals surface area contributed by atoms with E-state index in [0.717, 1.165) is 0 Å². The Bertz CT molecular complexity index is 623. The highest BCUT2D eigenvalue weighted by atomic mass is 19.4. The minimum atomic E-state index is -5.08. The number of nitrogens with zero attached hydrogens (tertiary/aromatic N) is 2. The maximum absolute atomic E-state index is 13.3. The molecule has 0 bridgehead atoms. The van der Waals surface area contributed by atoms with E-state index in [-0.39, 0.29) is 10.7 Å². The van der Waals surface area contributed by atoms with E-state index in [1.54, 1.807) is 30.3 Å². The summed E-state index contributed by atoms with van der Waals surface area (Å²) in [6, 6.07) is 8.05. The first-order valence-electron chi connectivity index (χ1n) is 6.89. The molecule has 126 valence electrons. The van der Waals surface area contributed by atoms with E-state index < -0.39 is 30.0 Å². The molecule has 1 N–H and O–H groups in total. The zero-order valence-corrected chi connectivity index (χ0v) is 12.9. The highest BCUT2D eigenvalue weighted by Crippen LogP contribution is 2.41. The van der Waals surface area contributed by atoms with E-state index in [1.807, 2.05) is 0 Å². The van der Waals surface area contributed by atoms with Crippen LogP contribution in [0.25, 0.3) is 0 Å². The summed E-state index contributed by atoms with van der Waals surface area (Å²) in [7, 11) is 0. The molecule has 1 aliphatic heterocycles. The quantitative estimate of drug-likeness (QED) is 0.859. The molecule has 1 unspecified atom stereocenters. The van der Waals surface area contributed by atoms with E-state index in [4.69, 9.17) is 4.74 Å². The van der Waals surface area contributed by atoms with E-state index in [2.05, 4.69) is 5.10 Å². The molecule has 0 radical (unpaired) electrons. The summed E-state index contributed by atoms with van der Waals surface area (Å²) in [5.74, 6) is 0. The Hall–Kier alpha value is -2.09. The molecule has 2 rings (SSSR count). The molecule has 0 aliphatic carbocycles. The average Bonchev–Trinajstić information content (AvgIpc) is 2.77. The fourth-order valence-electron chi connectivity index (χ4n) is 2.05. The van der Waals surface area contributed by atoms with E-state index >= 15 is 0 Å². The fourth-order valence-corrected chi connectivity index (χ4v) is 2.05.